The highest BCUT2D eigenvalue weighted by Crippen LogP contribution is 2.21. The Kier molecular flexibility index (Phi) is 3.74. The number of likely N-dealkylation sites (tertiary alicyclic amines) is 1. The van der Waals surface area contributed by atoms with Gasteiger partial charge in [0.1, 0.15) is 0 Å². The van der Waals surface area contributed by atoms with Gasteiger partial charge in [0.25, 0.3) is 0 Å². The van der Waals surface area contributed by atoms with Crippen LogP contribution in [0.4, 0.5) is 0 Å². The van der Waals surface area contributed by atoms with E-state index in [9.17, 15) is 9.59 Å². The lowest BCUT2D eigenvalue weighted by molar-refractivity contribution is -0.122. The number of pyridine rings is 1. The first kappa shape index (κ1) is 14.8. The van der Waals surface area contributed by atoms with Crippen molar-refractivity contribution in [3.8, 4) is 0 Å². The van der Waals surface area contributed by atoms with Crippen LogP contribution < -0.4 is 11.2 Å². The maximum absolute atomic E-state index is 12.4. The lowest BCUT2D eigenvalue weighted by atomic mass is 10.1. The normalized spacial score (nSPS) is 18.9. The van der Waals surface area contributed by atoms with Gasteiger partial charge in [0, 0.05) is 23.7 Å². The number of amides is 1. The molecule has 22 heavy (non-hydrogen) atoms. The average molecular weight is 299 g/mol. The van der Waals surface area contributed by atoms with Crippen LogP contribution in [-0.4, -0.2) is 28.4 Å². The molecule has 5 nitrogen and oxygen atoms in total. The van der Waals surface area contributed by atoms with Gasteiger partial charge in [0.15, 0.2) is 5.43 Å². The van der Waals surface area contributed by atoms with E-state index in [1.54, 1.807) is 6.07 Å². The van der Waals surface area contributed by atoms with E-state index in [-0.39, 0.29) is 17.4 Å². The Labute approximate surface area is 129 Å². The molecule has 1 aromatic carbocycles. The van der Waals surface area contributed by atoms with Gasteiger partial charge < -0.3 is 10.7 Å². The largest absolute Gasteiger partial charge is 0.368 e. The Morgan fingerprint density at radius 2 is 2.14 bits per heavy atom. The molecule has 1 aliphatic heterocycles. The molecule has 1 fully saturated rings. The zero-order chi connectivity index (χ0) is 15.9. The maximum Gasteiger partial charge on any atom is 0.234 e. The number of aryl methyl sites for hydroxylation is 2. The number of benzene rings is 1. The molecule has 1 atom stereocenters. The number of carbonyl (C=O) groups excluding carboxylic acids is 1. The van der Waals surface area contributed by atoms with Crippen molar-refractivity contribution in [2.45, 2.75) is 39.3 Å². The summed E-state index contributed by atoms with van der Waals surface area (Å²) in [7, 11) is 0. The van der Waals surface area contributed by atoms with Gasteiger partial charge >= 0.3 is 0 Å². The highest BCUT2D eigenvalue weighted by molar-refractivity contribution is 5.82. The number of nitrogens with zero attached hydrogens (tertiary/aromatic N) is 1. The molecule has 3 N–H and O–H groups in total. The number of aromatic nitrogens is 1. The van der Waals surface area contributed by atoms with E-state index in [0.717, 1.165) is 41.7 Å². The molecule has 2 heterocycles. The van der Waals surface area contributed by atoms with E-state index in [4.69, 9.17) is 5.73 Å². The number of carbonyl (C=O) groups is 1. The van der Waals surface area contributed by atoms with Crippen molar-refractivity contribution in [1.82, 2.24) is 9.88 Å². The molecule has 116 valence electrons. The van der Waals surface area contributed by atoms with Crippen LogP contribution in [0.25, 0.3) is 10.9 Å². The van der Waals surface area contributed by atoms with Crippen molar-refractivity contribution in [2.24, 2.45) is 5.73 Å². The lowest BCUT2D eigenvalue weighted by Crippen LogP contribution is -2.40. The summed E-state index contributed by atoms with van der Waals surface area (Å²) >= 11 is 0. The summed E-state index contributed by atoms with van der Waals surface area (Å²) in [5.74, 6) is -0.285. The Balaban J connectivity index is 1.99. The lowest BCUT2D eigenvalue weighted by Gasteiger charge is -2.21. The van der Waals surface area contributed by atoms with E-state index >= 15 is 0 Å². The molecule has 0 radical (unpaired) electrons. The van der Waals surface area contributed by atoms with Crippen LogP contribution >= 0.6 is 0 Å². The molecule has 1 aromatic heterocycles. The number of nitrogens with one attached hydrogen (secondary N) is 1. The maximum atomic E-state index is 12.4. The van der Waals surface area contributed by atoms with Gasteiger partial charge in [-0.2, -0.15) is 0 Å². The smallest absolute Gasteiger partial charge is 0.234 e. The molecule has 0 saturated carbocycles. The number of hydrogen-bond donors (Lipinski definition) is 2. The number of nitrogens with two attached hydrogens (primary N) is 1. The zero-order valence-electron chi connectivity index (χ0n) is 13.0. The Bertz CT molecular complexity index is 794. The van der Waals surface area contributed by atoms with E-state index in [1.807, 2.05) is 24.8 Å². The fourth-order valence-electron chi connectivity index (χ4n) is 3.40. The monoisotopic (exact) mass is 299 g/mol. The summed E-state index contributed by atoms with van der Waals surface area (Å²) < 4.78 is 0. The third kappa shape index (κ3) is 2.64. The fraction of sp³-hybridized carbons (Fsp3) is 0.412. The molecule has 1 saturated heterocycles. The number of rotatable bonds is 3. The van der Waals surface area contributed by atoms with Gasteiger partial charge in [0.2, 0.25) is 5.91 Å². The van der Waals surface area contributed by atoms with Crippen LogP contribution in [0.5, 0.6) is 0 Å². The van der Waals surface area contributed by atoms with Crippen molar-refractivity contribution < 1.29 is 4.79 Å². The summed E-state index contributed by atoms with van der Waals surface area (Å²) in [6, 6.07) is 5.38. The number of H-pyrrole nitrogens is 1. The summed E-state index contributed by atoms with van der Waals surface area (Å²) in [6.07, 6.45) is 1.76. The van der Waals surface area contributed by atoms with Crippen molar-refractivity contribution in [1.29, 1.82) is 0 Å². The Hall–Kier alpha value is -2.14. The average Bonchev–Trinajstić information content (AvgIpc) is 2.88. The second-order valence-electron chi connectivity index (χ2n) is 6.19. The Morgan fingerprint density at radius 1 is 1.36 bits per heavy atom. The molecule has 1 aliphatic rings. The molecule has 1 amide bonds. The van der Waals surface area contributed by atoms with Gasteiger partial charge in [-0.15, -0.1) is 0 Å². The molecule has 0 aliphatic carbocycles. The third-order valence-electron chi connectivity index (χ3n) is 4.40. The highest BCUT2D eigenvalue weighted by Gasteiger charge is 2.29. The zero-order valence-corrected chi connectivity index (χ0v) is 13.0. The van der Waals surface area contributed by atoms with Crippen LogP contribution in [0.1, 0.15) is 29.7 Å². The summed E-state index contributed by atoms with van der Waals surface area (Å²) in [5, 5.41) is 0.717. The third-order valence-corrected chi connectivity index (χ3v) is 4.40. The standard InChI is InChI=1S/C17H21N3O2/c1-10-6-11(2)16-13(7-10)15(21)8-12(19-16)9-20-5-3-4-14(20)17(18)22/h6-8,14H,3-5,9H2,1-2H3,(H2,18,22)(H,19,21)/t14-/m0/s1. The van der Waals surface area contributed by atoms with Gasteiger partial charge in [0.05, 0.1) is 11.6 Å². The minimum atomic E-state index is -0.285. The first-order chi connectivity index (χ1) is 10.5. The number of fused-ring (bicyclic) bond motifs is 1. The van der Waals surface area contributed by atoms with E-state index < -0.39 is 0 Å². The number of primary amides is 1. The number of hydrogen-bond acceptors (Lipinski definition) is 3. The van der Waals surface area contributed by atoms with Crippen molar-refractivity contribution >= 4 is 16.8 Å². The van der Waals surface area contributed by atoms with Gasteiger partial charge in [-0.3, -0.25) is 14.5 Å². The van der Waals surface area contributed by atoms with E-state index in [0.29, 0.717) is 11.9 Å². The Morgan fingerprint density at radius 3 is 2.86 bits per heavy atom. The molecule has 3 rings (SSSR count). The van der Waals surface area contributed by atoms with Crippen molar-refractivity contribution in [2.75, 3.05) is 6.54 Å². The number of aromatic amines is 1. The predicted octanol–water partition coefficient (Wildman–Crippen LogP) is 1.59. The van der Waals surface area contributed by atoms with E-state index in [1.165, 1.54) is 0 Å². The molecule has 0 bridgehead atoms. The fourth-order valence-corrected chi connectivity index (χ4v) is 3.40. The molecule has 0 unspecified atom stereocenters. The topological polar surface area (TPSA) is 79.2 Å². The van der Waals surface area contributed by atoms with Crippen LogP contribution in [0, 0.1) is 13.8 Å². The van der Waals surface area contributed by atoms with Gasteiger partial charge in [-0.25, -0.2) is 0 Å². The first-order valence-electron chi connectivity index (χ1n) is 7.62. The van der Waals surface area contributed by atoms with Crippen molar-refractivity contribution in [3.63, 3.8) is 0 Å². The SMILES string of the molecule is Cc1cc(C)c2[nH]c(CN3CCC[C@H]3C(N)=O)cc(=O)c2c1. The molecule has 5 heteroatoms. The second kappa shape index (κ2) is 5.57. The summed E-state index contributed by atoms with van der Waals surface area (Å²) in [5.41, 5.74) is 9.32. The summed E-state index contributed by atoms with van der Waals surface area (Å²) in [4.78, 5) is 29.2. The minimum absolute atomic E-state index is 0.0189. The second-order valence-corrected chi connectivity index (χ2v) is 6.19. The molecule has 2 aromatic rings. The quantitative estimate of drug-likeness (QED) is 0.903. The van der Waals surface area contributed by atoms with Crippen molar-refractivity contribution in [3.05, 3.63) is 45.2 Å². The first-order valence-corrected chi connectivity index (χ1v) is 7.62. The van der Waals surface area contributed by atoms with Crippen LogP contribution in [0.15, 0.2) is 23.0 Å². The molecule has 0 spiro atoms. The van der Waals surface area contributed by atoms with Crippen LogP contribution in [0.2, 0.25) is 0 Å². The van der Waals surface area contributed by atoms with E-state index in [2.05, 4.69) is 11.1 Å². The predicted molar refractivity (Wildman–Crippen MR) is 86.7 cm³/mol. The van der Waals surface area contributed by atoms with Crippen LogP contribution in [-0.2, 0) is 11.3 Å². The van der Waals surface area contributed by atoms with Gasteiger partial charge in [-0.05, 0) is 50.4 Å². The summed E-state index contributed by atoms with van der Waals surface area (Å²) in [6.45, 7) is 5.37. The van der Waals surface area contributed by atoms with Crippen LogP contribution in [0.3, 0.4) is 0 Å². The molecular weight excluding hydrogens is 278 g/mol. The molecular formula is C17H21N3O2. The highest BCUT2D eigenvalue weighted by atomic mass is 16.1. The van der Waals surface area contributed by atoms with Gasteiger partial charge in [-0.1, -0.05) is 6.07 Å². The minimum Gasteiger partial charge on any atom is -0.368 e.